The second kappa shape index (κ2) is 8.53. The Balaban J connectivity index is 2.10. The molecule has 0 bridgehead atoms. The molecule has 0 aromatic carbocycles. The van der Waals surface area contributed by atoms with E-state index in [1.807, 2.05) is 6.92 Å². The minimum Gasteiger partial charge on any atom is -0.444 e. The summed E-state index contributed by atoms with van der Waals surface area (Å²) in [5.41, 5.74) is -1.58. The molecule has 0 aliphatic heterocycles. The number of amides is 2. The van der Waals surface area contributed by atoms with Crippen molar-refractivity contribution in [3.63, 3.8) is 0 Å². The molecular weight excluding hydrogens is 376 g/mol. The first-order valence-corrected chi connectivity index (χ1v) is 8.92. The molecule has 9 nitrogen and oxygen atoms in total. The Morgan fingerprint density at radius 3 is 2.38 bits per heavy atom. The average Bonchev–Trinajstić information content (AvgIpc) is 2.70. The monoisotopic (exact) mass is 396 g/mol. The van der Waals surface area contributed by atoms with Crippen LogP contribution in [0.5, 0.6) is 0 Å². The van der Waals surface area contributed by atoms with Crippen LogP contribution in [-0.2, 0) is 19.1 Å². The summed E-state index contributed by atoms with van der Waals surface area (Å²) in [6.45, 7) is 19.1. The lowest BCUT2D eigenvalue weighted by atomic mass is 9.83. The first kappa shape index (κ1) is 21.6. The highest BCUT2D eigenvalue weighted by Gasteiger charge is 2.38. The number of allylic oxidation sites excluding steroid dienone is 4. The van der Waals surface area contributed by atoms with Crippen molar-refractivity contribution in [2.75, 3.05) is 6.73 Å². The SMILES string of the molecule is [C-]#[N+]C1=C([N+]#[C-])C(=O)C2=C(CCC=C2NC(=O)NCOC(=O)C(C)(C)CC)C1=O. The predicted octanol–water partition coefficient (Wildman–Crippen LogP) is 2.40. The molecule has 2 amide bonds. The Kier molecular flexibility index (Phi) is 6.35. The third-order valence-corrected chi connectivity index (χ3v) is 4.81. The number of esters is 1. The fraction of sp³-hybridized carbons (Fsp3) is 0.400. The first-order valence-electron chi connectivity index (χ1n) is 8.92. The number of hydrogen-bond donors (Lipinski definition) is 2. The van der Waals surface area contributed by atoms with Crippen LogP contribution >= 0.6 is 0 Å². The summed E-state index contributed by atoms with van der Waals surface area (Å²) < 4.78 is 5.02. The largest absolute Gasteiger partial charge is 0.444 e. The van der Waals surface area contributed by atoms with Crippen LogP contribution in [0, 0.1) is 18.6 Å². The van der Waals surface area contributed by atoms with Crippen molar-refractivity contribution in [2.45, 2.75) is 40.0 Å². The topological polar surface area (TPSA) is 110 Å². The number of ketones is 2. The zero-order valence-corrected chi connectivity index (χ0v) is 16.3. The van der Waals surface area contributed by atoms with Gasteiger partial charge in [0.05, 0.1) is 18.6 Å². The van der Waals surface area contributed by atoms with Crippen molar-refractivity contribution < 1.29 is 23.9 Å². The van der Waals surface area contributed by atoms with Crippen LogP contribution in [0.4, 0.5) is 4.79 Å². The van der Waals surface area contributed by atoms with E-state index in [2.05, 4.69) is 20.3 Å². The molecule has 2 aliphatic carbocycles. The Morgan fingerprint density at radius 1 is 1.17 bits per heavy atom. The maximum Gasteiger partial charge on any atom is 0.321 e. The molecule has 29 heavy (non-hydrogen) atoms. The quantitative estimate of drug-likeness (QED) is 0.321. The molecule has 2 aliphatic rings. The fourth-order valence-electron chi connectivity index (χ4n) is 2.71. The van der Waals surface area contributed by atoms with Crippen LogP contribution in [-0.4, -0.2) is 30.3 Å². The van der Waals surface area contributed by atoms with Gasteiger partial charge in [0.2, 0.25) is 11.4 Å². The molecule has 0 aromatic heterocycles. The molecule has 0 fully saturated rings. The molecule has 0 spiro atoms. The van der Waals surface area contributed by atoms with E-state index in [4.69, 9.17) is 17.9 Å². The van der Waals surface area contributed by atoms with Crippen LogP contribution in [0.25, 0.3) is 9.69 Å². The van der Waals surface area contributed by atoms with Crippen molar-refractivity contribution in [3.8, 4) is 0 Å². The molecular formula is C20H20N4O5. The number of ether oxygens (including phenoxy) is 1. The number of Topliss-reactive ketones (excluding diaryl/α,β-unsaturated/α-hetero) is 2. The van der Waals surface area contributed by atoms with Gasteiger partial charge in [0.1, 0.15) is 0 Å². The third-order valence-electron chi connectivity index (χ3n) is 4.81. The number of carbonyl (C=O) groups is 4. The number of hydrogen-bond acceptors (Lipinski definition) is 5. The van der Waals surface area contributed by atoms with E-state index < -0.39 is 40.4 Å². The molecule has 2 N–H and O–H groups in total. The van der Waals surface area contributed by atoms with Gasteiger partial charge >= 0.3 is 12.0 Å². The normalized spacial score (nSPS) is 16.4. The van der Waals surface area contributed by atoms with Crippen LogP contribution in [0.3, 0.4) is 0 Å². The van der Waals surface area contributed by atoms with Gasteiger partial charge in [0.25, 0.3) is 0 Å². The third kappa shape index (κ3) is 4.25. The summed E-state index contributed by atoms with van der Waals surface area (Å²) in [5.74, 6) is -1.89. The smallest absolute Gasteiger partial charge is 0.321 e. The maximum atomic E-state index is 12.6. The highest BCUT2D eigenvalue weighted by molar-refractivity contribution is 6.28. The number of urea groups is 1. The van der Waals surface area contributed by atoms with Gasteiger partial charge in [0.15, 0.2) is 18.3 Å². The second-order valence-corrected chi connectivity index (χ2v) is 7.03. The van der Waals surface area contributed by atoms with Crippen LogP contribution in [0.2, 0.25) is 0 Å². The molecule has 9 heteroatoms. The van der Waals surface area contributed by atoms with Gasteiger partial charge in [-0.15, -0.1) is 0 Å². The number of nitrogens with zero attached hydrogens (tertiary/aromatic N) is 2. The van der Waals surface area contributed by atoms with Gasteiger partial charge < -0.3 is 25.0 Å². The van der Waals surface area contributed by atoms with Crippen molar-refractivity contribution >= 4 is 23.6 Å². The summed E-state index contributed by atoms with van der Waals surface area (Å²) in [6.07, 6.45) is 2.76. The lowest BCUT2D eigenvalue weighted by Gasteiger charge is -2.24. The zero-order valence-electron chi connectivity index (χ0n) is 16.3. The van der Waals surface area contributed by atoms with Gasteiger partial charge in [-0.1, -0.05) is 13.0 Å². The Bertz CT molecular complexity index is 970. The van der Waals surface area contributed by atoms with Gasteiger partial charge in [-0.25, -0.2) is 14.5 Å². The Morgan fingerprint density at radius 2 is 1.79 bits per heavy atom. The minimum atomic E-state index is -0.761. The molecule has 0 saturated carbocycles. The highest BCUT2D eigenvalue weighted by atomic mass is 16.5. The van der Waals surface area contributed by atoms with E-state index in [1.54, 1.807) is 19.9 Å². The zero-order chi connectivity index (χ0) is 21.8. The van der Waals surface area contributed by atoms with Gasteiger partial charge in [-0.3, -0.25) is 4.79 Å². The lowest BCUT2D eigenvalue weighted by molar-refractivity contribution is -0.154. The van der Waals surface area contributed by atoms with Crippen molar-refractivity contribution in [1.29, 1.82) is 0 Å². The van der Waals surface area contributed by atoms with Crippen molar-refractivity contribution in [1.82, 2.24) is 10.6 Å². The molecule has 0 heterocycles. The summed E-state index contributed by atoms with van der Waals surface area (Å²) >= 11 is 0. The van der Waals surface area contributed by atoms with E-state index in [9.17, 15) is 19.2 Å². The number of nitrogens with one attached hydrogen (secondary N) is 2. The molecule has 2 rings (SSSR count). The highest BCUT2D eigenvalue weighted by Crippen LogP contribution is 2.35. The number of rotatable bonds is 5. The van der Waals surface area contributed by atoms with E-state index in [1.165, 1.54) is 0 Å². The van der Waals surface area contributed by atoms with Gasteiger partial charge in [-0.2, -0.15) is 0 Å². The first-order chi connectivity index (χ1) is 13.7. The van der Waals surface area contributed by atoms with E-state index in [0.29, 0.717) is 12.8 Å². The predicted molar refractivity (Wildman–Crippen MR) is 101 cm³/mol. The average molecular weight is 396 g/mol. The standard InChI is InChI=1S/C20H20N4O5/c1-6-20(2,3)18(27)29-10-23-19(28)24-12-9-7-8-11-13(12)17(26)15(22-5)14(21-4)16(11)25/h9H,6-8,10H2,1-3H3,(H2,23,24,28). The Hall–Kier alpha value is -3.72. The van der Waals surface area contributed by atoms with E-state index in [0.717, 1.165) is 0 Å². The van der Waals surface area contributed by atoms with Gasteiger partial charge in [-0.05, 0) is 38.7 Å². The molecule has 0 saturated heterocycles. The van der Waals surface area contributed by atoms with Gasteiger partial charge in [0, 0.05) is 11.3 Å². The van der Waals surface area contributed by atoms with Crippen molar-refractivity contribution in [3.05, 3.63) is 57.1 Å². The second-order valence-electron chi connectivity index (χ2n) is 7.03. The lowest BCUT2D eigenvalue weighted by Crippen LogP contribution is -2.40. The summed E-state index contributed by atoms with van der Waals surface area (Å²) in [4.78, 5) is 55.2. The summed E-state index contributed by atoms with van der Waals surface area (Å²) in [7, 11) is 0. The van der Waals surface area contributed by atoms with Crippen LogP contribution < -0.4 is 10.6 Å². The van der Waals surface area contributed by atoms with Crippen molar-refractivity contribution in [2.24, 2.45) is 5.41 Å². The molecule has 0 unspecified atom stereocenters. The Labute approximate surface area is 168 Å². The molecule has 150 valence electrons. The maximum absolute atomic E-state index is 12.6. The molecule has 0 radical (unpaired) electrons. The summed E-state index contributed by atoms with van der Waals surface area (Å²) in [6, 6.07) is -0.739. The molecule has 0 aromatic rings. The minimum absolute atomic E-state index is 0.0705. The molecule has 0 atom stereocenters. The van der Waals surface area contributed by atoms with Crippen LogP contribution in [0.1, 0.15) is 40.0 Å². The van der Waals surface area contributed by atoms with E-state index in [-0.39, 0.29) is 30.0 Å². The van der Waals surface area contributed by atoms with E-state index >= 15 is 0 Å². The number of carbonyl (C=O) groups excluding carboxylic acids is 4. The fourth-order valence-corrected chi connectivity index (χ4v) is 2.71. The summed E-state index contributed by atoms with van der Waals surface area (Å²) in [5, 5.41) is 4.81. The van der Waals surface area contributed by atoms with Crippen LogP contribution in [0.15, 0.2) is 34.3 Å².